The molecule has 116 valence electrons. The second kappa shape index (κ2) is 6.55. The molecule has 2 aliphatic rings. The first-order valence-electron chi connectivity index (χ1n) is 8.21. The van der Waals surface area contributed by atoms with Gasteiger partial charge in [-0.3, -0.25) is 4.90 Å². The van der Waals surface area contributed by atoms with Crippen molar-refractivity contribution in [3.05, 3.63) is 28.8 Å². The smallest absolute Gasteiger partial charge is 0.0642 e. The summed E-state index contributed by atoms with van der Waals surface area (Å²) in [5, 5.41) is 0.871. The van der Waals surface area contributed by atoms with Gasteiger partial charge in [-0.25, -0.2) is 0 Å². The van der Waals surface area contributed by atoms with Gasteiger partial charge in [0.15, 0.2) is 0 Å². The monoisotopic (exact) mass is 307 g/mol. The highest BCUT2D eigenvalue weighted by molar-refractivity contribution is 6.33. The summed E-state index contributed by atoms with van der Waals surface area (Å²) in [6, 6.07) is 7.32. The van der Waals surface area contributed by atoms with Crippen molar-refractivity contribution in [1.29, 1.82) is 0 Å². The first-order valence-corrected chi connectivity index (χ1v) is 8.58. The molecule has 1 aromatic rings. The molecule has 0 bridgehead atoms. The maximum atomic E-state index is 6.50. The second-order valence-corrected chi connectivity index (χ2v) is 6.78. The molecule has 1 aliphatic heterocycles. The van der Waals surface area contributed by atoms with E-state index >= 15 is 0 Å². The summed E-state index contributed by atoms with van der Waals surface area (Å²) < 4.78 is 0. The number of hydrogen-bond acceptors (Lipinski definition) is 3. The van der Waals surface area contributed by atoms with Gasteiger partial charge in [0, 0.05) is 38.3 Å². The van der Waals surface area contributed by atoms with Crippen molar-refractivity contribution >= 4 is 17.3 Å². The van der Waals surface area contributed by atoms with Gasteiger partial charge >= 0.3 is 0 Å². The fourth-order valence-corrected chi connectivity index (χ4v) is 3.57. The van der Waals surface area contributed by atoms with E-state index in [1.807, 2.05) is 12.1 Å². The summed E-state index contributed by atoms with van der Waals surface area (Å²) >= 11 is 6.50. The molecule has 1 heterocycles. The average Bonchev–Trinajstić information content (AvgIpc) is 3.32. The molecule has 1 unspecified atom stereocenters. The molecular formula is C17H26ClN3. The van der Waals surface area contributed by atoms with Crippen molar-refractivity contribution in [2.45, 2.75) is 44.7 Å². The number of nitrogens with zero attached hydrogens (tertiary/aromatic N) is 2. The molecule has 0 amide bonds. The van der Waals surface area contributed by atoms with Crippen molar-refractivity contribution in [1.82, 2.24) is 4.90 Å². The first kappa shape index (κ1) is 15.1. The highest BCUT2D eigenvalue weighted by Gasteiger charge is 2.31. The largest absolute Gasteiger partial charge is 0.368 e. The van der Waals surface area contributed by atoms with Crippen molar-refractivity contribution in [3.8, 4) is 0 Å². The molecule has 2 N–H and O–H groups in total. The Morgan fingerprint density at radius 2 is 1.95 bits per heavy atom. The lowest BCUT2D eigenvalue weighted by Gasteiger charge is -2.37. The van der Waals surface area contributed by atoms with Gasteiger partial charge in [-0.15, -0.1) is 0 Å². The molecule has 3 nitrogen and oxygen atoms in total. The normalized spacial score (nSPS) is 21.6. The Kier molecular flexibility index (Phi) is 4.72. The van der Waals surface area contributed by atoms with E-state index in [0.29, 0.717) is 0 Å². The minimum absolute atomic E-state index is 0.218. The number of anilines is 1. The summed E-state index contributed by atoms with van der Waals surface area (Å²) in [4.78, 5) is 5.09. The number of piperazine rings is 1. The predicted molar refractivity (Wildman–Crippen MR) is 90.2 cm³/mol. The molecule has 21 heavy (non-hydrogen) atoms. The summed E-state index contributed by atoms with van der Waals surface area (Å²) in [7, 11) is 0. The number of rotatable bonds is 5. The molecule has 3 rings (SSSR count). The van der Waals surface area contributed by atoms with E-state index in [9.17, 15) is 0 Å². The van der Waals surface area contributed by atoms with Crippen LogP contribution < -0.4 is 10.6 Å². The summed E-state index contributed by atoms with van der Waals surface area (Å²) in [6.07, 6.45) is 4.70. The van der Waals surface area contributed by atoms with Crippen LogP contribution in [0.4, 0.5) is 5.69 Å². The third kappa shape index (κ3) is 3.53. The number of para-hydroxylation sites is 1. The zero-order chi connectivity index (χ0) is 14.8. The van der Waals surface area contributed by atoms with E-state index in [1.165, 1.54) is 24.1 Å². The summed E-state index contributed by atoms with van der Waals surface area (Å²) in [5.74, 6) is 0. The zero-order valence-corrected chi connectivity index (χ0v) is 13.6. The first-order chi connectivity index (χ1) is 10.2. The van der Waals surface area contributed by atoms with Crippen LogP contribution in [0.25, 0.3) is 0 Å². The topological polar surface area (TPSA) is 32.5 Å². The van der Waals surface area contributed by atoms with Gasteiger partial charge in [0.25, 0.3) is 0 Å². The van der Waals surface area contributed by atoms with E-state index in [-0.39, 0.29) is 6.04 Å². The SMILES string of the molecule is CCC(N)Cc1cccc(Cl)c1N1CCN(C2CC2)CC1. The van der Waals surface area contributed by atoms with Crippen LogP contribution in [0, 0.1) is 0 Å². The molecule has 2 fully saturated rings. The lowest BCUT2D eigenvalue weighted by atomic mass is 10.0. The van der Waals surface area contributed by atoms with Gasteiger partial charge in [-0.1, -0.05) is 30.7 Å². The van der Waals surface area contributed by atoms with E-state index in [0.717, 1.165) is 50.1 Å². The van der Waals surface area contributed by atoms with E-state index in [1.54, 1.807) is 0 Å². The molecule has 0 aromatic heterocycles. The Hall–Kier alpha value is -0.770. The molecule has 1 aromatic carbocycles. The van der Waals surface area contributed by atoms with Crippen LogP contribution in [0.3, 0.4) is 0 Å². The van der Waals surface area contributed by atoms with Crippen molar-refractivity contribution in [3.63, 3.8) is 0 Å². The zero-order valence-electron chi connectivity index (χ0n) is 12.9. The number of nitrogens with two attached hydrogens (primary N) is 1. The molecule has 0 spiro atoms. The number of halogens is 1. The van der Waals surface area contributed by atoms with Gasteiger partial charge in [-0.2, -0.15) is 0 Å². The fraction of sp³-hybridized carbons (Fsp3) is 0.647. The predicted octanol–water partition coefficient (Wildman–Crippen LogP) is 2.90. The Bertz CT molecular complexity index is 479. The van der Waals surface area contributed by atoms with Gasteiger partial charge in [0.05, 0.1) is 10.7 Å². The number of benzene rings is 1. The second-order valence-electron chi connectivity index (χ2n) is 6.37. The lowest BCUT2D eigenvalue weighted by molar-refractivity contribution is 0.248. The Morgan fingerprint density at radius 1 is 1.24 bits per heavy atom. The van der Waals surface area contributed by atoms with E-state index in [4.69, 9.17) is 17.3 Å². The van der Waals surface area contributed by atoms with E-state index < -0.39 is 0 Å². The molecule has 1 saturated carbocycles. The summed E-state index contributed by atoms with van der Waals surface area (Å²) in [5.41, 5.74) is 8.68. The molecule has 4 heteroatoms. The Labute approximate surface area is 133 Å². The highest BCUT2D eigenvalue weighted by Crippen LogP contribution is 2.33. The van der Waals surface area contributed by atoms with Gasteiger partial charge in [0.1, 0.15) is 0 Å². The maximum Gasteiger partial charge on any atom is 0.0642 e. The minimum atomic E-state index is 0.218. The number of hydrogen-bond donors (Lipinski definition) is 1. The van der Waals surface area contributed by atoms with Crippen LogP contribution in [0.1, 0.15) is 31.7 Å². The summed E-state index contributed by atoms with van der Waals surface area (Å²) in [6.45, 7) is 6.62. The minimum Gasteiger partial charge on any atom is -0.368 e. The maximum absolute atomic E-state index is 6.50. The van der Waals surface area contributed by atoms with Crippen molar-refractivity contribution in [2.75, 3.05) is 31.1 Å². The molecule has 1 aliphatic carbocycles. The third-order valence-electron chi connectivity index (χ3n) is 4.77. The highest BCUT2D eigenvalue weighted by atomic mass is 35.5. The Balaban J connectivity index is 1.74. The van der Waals surface area contributed by atoms with Crippen molar-refractivity contribution in [2.24, 2.45) is 5.73 Å². The van der Waals surface area contributed by atoms with Gasteiger partial charge in [-0.05, 0) is 37.3 Å². The molecular weight excluding hydrogens is 282 g/mol. The van der Waals surface area contributed by atoms with Crippen molar-refractivity contribution < 1.29 is 0 Å². The van der Waals surface area contributed by atoms with Crippen LogP contribution in [-0.4, -0.2) is 43.2 Å². The molecule has 0 radical (unpaired) electrons. The van der Waals surface area contributed by atoms with Crippen LogP contribution in [0.15, 0.2) is 18.2 Å². The third-order valence-corrected chi connectivity index (χ3v) is 5.08. The van der Waals surface area contributed by atoms with Crippen LogP contribution in [0.5, 0.6) is 0 Å². The van der Waals surface area contributed by atoms with Gasteiger partial charge in [0.2, 0.25) is 0 Å². The fourth-order valence-electron chi connectivity index (χ4n) is 3.26. The van der Waals surface area contributed by atoms with E-state index in [2.05, 4.69) is 22.8 Å². The van der Waals surface area contributed by atoms with Gasteiger partial charge < -0.3 is 10.6 Å². The average molecular weight is 308 g/mol. The van der Waals surface area contributed by atoms with Crippen LogP contribution in [-0.2, 0) is 6.42 Å². The lowest BCUT2D eigenvalue weighted by Crippen LogP contribution is -2.47. The quantitative estimate of drug-likeness (QED) is 0.908. The molecule has 1 saturated heterocycles. The molecule has 1 atom stereocenters. The van der Waals surface area contributed by atoms with Crippen LogP contribution >= 0.6 is 11.6 Å². The standard InChI is InChI=1S/C17H26ClN3/c1-2-14(19)12-13-4-3-5-16(18)17(13)21-10-8-20(9-11-21)15-6-7-15/h3-5,14-15H,2,6-12,19H2,1H3. The Morgan fingerprint density at radius 3 is 2.57 bits per heavy atom. The van der Waals surface area contributed by atoms with Crippen LogP contribution in [0.2, 0.25) is 5.02 Å².